The van der Waals surface area contributed by atoms with Gasteiger partial charge in [0.05, 0.1) is 46.1 Å². The number of aryl methyl sites for hydroxylation is 4. The third-order valence-corrected chi connectivity index (χ3v) is 12.8. The summed E-state index contributed by atoms with van der Waals surface area (Å²) in [7, 11) is -13.0. The normalized spacial score (nSPS) is 12.6. The Bertz CT molecular complexity index is 3620. The number of methoxy groups -OCH3 is 1. The Morgan fingerprint density at radius 1 is 0.456 bits per heavy atom. The molecule has 0 saturated carbocycles. The summed E-state index contributed by atoms with van der Waals surface area (Å²) in [5, 5.41) is 48.8. The summed E-state index contributed by atoms with van der Waals surface area (Å²) in [6.45, 7) is 7.04. The van der Waals surface area contributed by atoms with Crippen LogP contribution in [0.3, 0.4) is 0 Å². The number of benzene rings is 7. The van der Waals surface area contributed by atoms with E-state index in [1.807, 2.05) is 6.92 Å². The van der Waals surface area contributed by atoms with Crippen LogP contribution in [-0.2, 0) is 30.4 Å². The van der Waals surface area contributed by atoms with E-state index in [1.165, 1.54) is 6.07 Å². The maximum atomic E-state index is 12.6. The van der Waals surface area contributed by atoms with Gasteiger partial charge in [-0.3, -0.25) is 13.7 Å². The second kappa shape index (κ2) is 19.3. The Hall–Kier alpha value is -7.67. The second-order valence-corrected chi connectivity index (χ2v) is 19.3. The molecule has 0 unspecified atom stereocenters. The molecular formula is C45H39N9O11S3. The van der Waals surface area contributed by atoms with Gasteiger partial charge in [0.2, 0.25) is 0 Å². The van der Waals surface area contributed by atoms with Gasteiger partial charge in [0.25, 0.3) is 30.4 Å². The smallest absolute Gasteiger partial charge is 0.296 e. The molecule has 0 bridgehead atoms. The minimum absolute atomic E-state index is 0.280. The Kier molecular flexibility index (Phi) is 13.7. The second-order valence-electron chi connectivity index (χ2n) is 15.1. The number of ether oxygens (including phenoxy) is 1. The summed E-state index contributed by atoms with van der Waals surface area (Å²) in [5.74, 6) is 0.188. The van der Waals surface area contributed by atoms with Crippen molar-refractivity contribution in [1.29, 1.82) is 0 Å². The van der Waals surface area contributed by atoms with Gasteiger partial charge >= 0.3 is 0 Å². The highest BCUT2D eigenvalue weighted by molar-refractivity contribution is 7.87. The molecule has 0 spiro atoms. The molecule has 20 nitrogen and oxygen atoms in total. The number of hydrogen-bond donors (Lipinski definition) is 5. The molecule has 0 aromatic heterocycles. The highest BCUT2D eigenvalue weighted by Gasteiger charge is 2.23. The first kappa shape index (κ1) is 48.3. The molecule has 0 aliphatic heterocycles. The summed E-state index contributed by atoms with van der Waals surface area (Å²) in [6, 6.07) is 29.1. The molecule has 0 aliphatic carbocycles. The third kappa shape index (κ3) is 11.3. The SMILES string of the molecule is COc1ccc(Nc2ccc3c(O)c(/N=N/c4cc(C)c(N=Nc5ccc(N=Nc6ccc(N=Nc7ccc(S(=O)(=O)O)cc7S(=O)(=O)O)c(C)c6)c(C)c5)cc4C)c(S(=O)(=O)O)cc3c2)cc1. The van der Waals surface area contributed by atoms with E-state index >= 15 is 0 Å². The fraction of sp³-hybridized carbons (Fsp3) is 0.111. The molecule has 0 atom stereocenters. The molecule has 5 N–H and O–H groups in total. The number of azo groups is 4. The molecule has 7 aromatic carbocycles. The van der Waals surface area contributed by atoms with Crippen molar-refractivity contribution in [3.8, 4) is 11.5 Å². The molecule has 7 rings (SSSR count). The number of nitrogens with one attached hydrogen (secondary N) is 1. The van der Waals surface area contributed by atoms with E-state index in [1.54, 1.807) is 119 Å². The predicted molar refractivity (Wildman–Crippen MR) is 253 cm³/mol. The van der Waals surface area contributed by atoms with Crippen molar-refractivity contribution < 1.29 is 48.8 Å². The van der Waals surface area contributed by atoms with Crippen LogP contribution < -0.4 is 10.1 Å². The number of nitrogens with zero attached hydrogens (tertiary/aromatic N) is 8. The molecule has 0 fully saturated rings. The Labute approximate surface area is 389 Å². The molecule has 0 heterocycles. The molecular weight excluding hydrogens is 939 g/mol. The average molecular weight is 978 g/mol. The number of rotatable bonds is 14. The number of fused-ring (bicyclic) bond motifs is 1. The summed E-state index contributed by atoms with van der Waals surface area (Å²) in [5.41, 5.74) is 5.80. The monoisotopic (exact) mass is 977 g/mol. The van der Waals surface area contributed by atoms with Gasteiger partial charge in [-0.25, -0.2) is 0 Å². The van der Waals surface area contributed by atoms with Crippen LogP contribution >= 0.6 is 0 Å². The topological polar surface area (TPSA) is 303 Å². The molecule has 0 amide bonds. The van der Waals surface area contributed by atoms with Gasteiger partial charge in [-0.05, 0) is 171 Å². The lowest BCUT2D eigenvalue weighted by Crippen LogP contribution is -2.03. The van der Waals surface area contributed by atoms with Crippen LogP contribution in [0.15, 0.2) is 171 Å². The number of aromatic hydroxyl groups is 1. The summed E-state index contributed by atoms with van der Waals surface area (Å²) in [6.07, 6.45) is 0. The van der Waals surface area contributed by atoms with E-state index in [0.29, 0.717) is 73.7 Å². The van der Waals surface area contributed by atoms with E-state index in [0.717, 1.165) is 23.4 Å². The molecule has 23 heteroatoms. The molecule has 0 aliphatic rings. The van der Waals surface area contributed by atoms with E-state index < -0.39 is 56.5 Å². The first-order chi connectivity index (χ1) is 32.1. The van der Waals surface area contributed by atoms with Crippen molar-refractivity contribution in [2.75, 3.05) is 12.4 Å². The Morgan fingerprint density at radius 2 is 0.941 bits per heavy atom. The van der Waals surface area contributed by atoms with Crippen molar-refractivity contribution in [2.24, 2.45) is 40.9 Å². The number of phenolic OH excluding ortho intramolecular Hbond substituents is 1. The van der Waals surface area contributed by atoms with Crippen molar-refractivity contribution in [1.82, 2.24) is 0 Å². The number of phenols is 1. The van der Waals surface area contributed by atoms with E-state index in [2.05, 4.69) is 46.2 Å². The minimum atomic E-state index is -4.93. The fourth-order valence-corrected chi connectivity index (χ4v) is 8.46. The standard InChI is InChI=1S/C45H39N9O11S3/c1-25-18-33(9-15-37(25)49-47-32-10-16-38(26(2)19-32)50-51-39-17-13-35(66(56,57)58)24-42(39)67(59,60)61)48-52-40-20-28(4)41(21-27(40)3)53-54-44-43(68(62,63)64)23-29-22-31(8-14-36(29)45(44)55)46-30-6-11-34(65-5)12-7-30/h6-24,46,55H,1-5H3,(H,56,57,58)(H,59,60,61)(H,62,63,64)/b49-47?,51-50?,52-48?,54-53+. The van der Waals surface area contributed by atoms with Crippen molar-refractivity contribution in [2.45, 2.75) is 42.4 Å². The number of anilines is 2. The highest BCUT2D eigenvalue weighted by atomic mass is 32.2. The Balaban J connectivity index is 1.04. The summed E-state index contributed by atoms with van der Waals surface area (Å²) in [4.78, 5) is -2.24. The summed E-state index contributed by atoms with van der Waals surface area (Å²) < 4.78 is 106. The lowest BCUT2D eigenvalue weighted by Gasteiger charge is -2.12. The lowest BCUT2D eigenvalue weighted by molar-refractivity contribution is 0.415. The van der Waals surface area contributed by atoms with Gasteiger partial charge in [-0.1, -0.05) is 0 Å². The lowest BCUT2D eigenvalue weighted by atomic mass is 10.1. The third-order valence-electron chi connectivity index (χ3n) is 10.2. The zero-order valence-corrected chi connectivity index (χ0v) is 38.9. The van der Waals surface area contributed by atoms with Crippen molar-refractivity contribution in [3.05, 3.63) is 138 Å². The number of hydrogen-bond acceptors (Lipinski definition) is 17. The van der Waals surface area contributed by atoms with Crippen LogP contribution in [0.25, 0.3) is 10.8 Å². The highest BCUT2D eigenvalue weighted by Crippen LogP contribution is 2.43. The van der Waals surface area contributed by atoms with Crippen molar-refractivity contribution >= 4 is 98.0 Å². The van der Waals surface area contributed by atoms with Gasteiger partial charge in [0.15, 0.2) is 5.75 Å². The fourth-order valence-electron chi connectivity index (χ4n) is 6.57. The van der Waals surface area contributed by atoms with Gasteiger partial charge in [-0.2, -0.15) is 55.9 Å². The van der Waals surface area contributed by atoms with Gasteiger partial charge < -0.3 is 15.2 Å². The molecule has 0 radical (unpaired) electrons. The summed E-state index contributed by atoms with van der Waals surface area (Å²) >= 11 is 0. The quantitative estimate of drug-likeness (QED) is 0.0502. The van der Waals surface area contributed by atoms with Gasteiger partial charge in [-0.15, -0.1) is 10.2 Å². The van der Waals surface area contributed by atoms with Gasteiger partial charge in [0.1, 0.15) is 26.9 Å². The zero-order chi connectivity index (χ0) is 49.1. The van der Waals surface area contributed by atoms with Crippen molar-refractivity contribution in [3.63, 3.8) is 0 Å². The first-order valence-electron chi connectivity index (χ1n) is 19.8. The van der Waals surface area contributed by atoms with E-state index in [-0.39, 0.29) is 11.1 Å². The molecule has 7 aromatic rings. The average Bonchev–Trinajstić information content (AvgIpc) is 3.27. The first-order valence-corrected chi connectivity index (χ1v) is 24.2. The van der Waals surface area contributed by atoms with Crippen LogP contribution in [0.1, 0.15) is 22.3 Å². The maximum Gasteiger partial charge on any atom is 0.296 e. The zero-order valence-electron chi connectivity index (χ0n) is 36.4. The predicted octanol–water partition coefficient (Wildman–Crippen LogP) is 12.9. The largest absolute Gasteiger partial charge is 0.505 e. The van der Waals surface area contributed by atoms with E-state index in [9.17, 15) is 44.0 Å². The molecule has 68 heavy (non-hydrogen) atoms. The maximum absolute atomic E-state index is 12.6. The van der Waals surface area contributed by atoms with Gasteiger partial charge in [0, 0.05) is 16.8 Å². The Morgan fingerprint density at radius 3 is 1.47 bits per heavy atom. The van der Waals surface area contributed by atoms with Crippen LogP contribution in [0, 0.1) is 27.7 Å². The van der Waals surface area contributed by atoms with Crippen LogP contribution in [0.2, 0.25) is 0 Å². The van der Waals surface area contributed by atoms with Crippen LogP contribution in [0.5, 0.6) is 11.5 Å². The van der Waals surface area contributed by atoms with E-state index in [4.69, 9.17) is 4.74 Å². The van der Waals surface area contributed by atoms with Crippen LogP contribution in [-0.4, -0.2) is 51.1 Å². The van der Waals surface area contributed by atoms with Crippen LogP contribution in [0.4, 0.5) is 56.9 Å². The molecule has 0 saturated heterocycles. The molecule has 348 valence electrons. The minimum Gasteiger partial charge on any atom is -0.505 e.